The molecule has 8 heteroatoms. The molecule has 3 rings (SSSR count). The van der Waals surface area contributed by atoms with Gasteiger partial charge in [-0.05, 0) is 23.6 Å². The van der Waals surface area contributed by atoms with Crippen LogP contribution in [-0.2, 0) is 16.6 Å². The van der Waals surface area contributed by atoms with Gasteiger partial charge in [-0.3, -0.25) is 0 Å². The lowest BCUT2D eigenvalue weighted by atomic mass is 10.3. The lowest BCUT2D eigenvalue weighted by Crippen LogP contribution is -2.25. The molecule has 0 saturated carbocycles. The molecule has 0 saturated heterocycles. The number of hydrogen-bond donors (Lipinski definition) is 0. The summed E-state index contributed by atoms with van der Waals surface area (Å²) in [4.78, 5) is 0. The van der Waals surface area contributed by atoms with Crippen LogP contribution < -0.4 is 0 Å². The minimum absolute atomic E-state index is 0.129. The molecule has 3 heterocycles. The van der Waals surface area contributed by atoms with Gasteiger partial charge in [0, 0.05) is 13.1 Å². The number of sulfonamides is 1. The van der Waals surface area contributed by atoms with Crippen molar-refractivity contribution in [3.8, 4) is 11.5 Å². The summed E-state index contributed by atoms with van der Waals surface area (Å²) in [5.41, 5.74) is 0.518. The van der Waals surface area contributed by atoms with Crippen molar-refractivity contribution < 1.29 is 17.4 Å². The van der Waals surface area contributed by atoms with Crippen LogP contribution in [0.2, 0.25) is 0 Å². The predicted octanol–water partition coefficient (Wildman–Crippen LogP) is 2.82. The van der Waals surface area contributed by atoms with Crippen LogP contribution in [0, 0.1) is 0 Å². The molecule has 0 aliphatic heterocycles. The van der Waals surface area contributed by atoms with Crippen molar-refractivity contribution in [2.45, 2.75) is 10.8 Å². The fourth-order valence-electron chi connectivity index (χ4n) is 1.80. The van der Waals surface area contributed by atoms with Crippen molar-refractivity contribution in [1.82, 2.24) is 9.46 Å². The molecule has 0 aromatic carbocycles. The van der Waals surface area contributed by atoms with Crippen LogP contribution in [0.15, 0.2) is 55.1 Å². The second-order valence-electron chi connectivity index (χ2n) is 4.35. The van der Waals surface area contributed by atoms with E-state index >= 15 is 0 Å². The Morgan fingerprint density at radius 1 is 1.29 bits per heavy atom. The van der Waals surface area contributed by atoms with Gasteiger partial charge < -0.3 is 8.94 Å². The lowest BCUT2D eigenvalue weighted by molar-refractivity contribution is 0.394. The van der Waals surface area contributed by atoms with Crippen LogP contribution in [-0.4, -0.2) is 24.9 Å². The van der Waals surface area contributed by atoms with Crippen LogP contribution in [0.4, 0.5) is 0 Å². The Morgan fingerprint density at radius 3 is 2.81 bits per heavy atom. The first-order valence-corrected chi connectivity index (χ1v) is 8.38. The van der Waals surface area contributed by atoms with Crippen molar-refractivity contribution in [1.29, 1.82) is 0 Å². The third-order valence-electron chi connectivity index (χ3n) is 2.87. The van der Waals surface area contributed by atoms with Gasteiger partial charge in [0.2, 0.25) is 5.76 Å². The molecule has 0 radical (unpaired) electrons. The largest absolute Gasteiger partial charge is 0.461 e. The highest BCUT2D eigenvalue weighted by Gasteiger charge is 2.23. The average Bonchev–Trinajstić information content (AvgIpc) is 3.20. The molecule has 0 unspecified atom stereocenters. The topological polar surface area (TPSA) is 76.6 Å². The Morgan fingerprint density at radius 2 is 2.14 bits per heavy atom. The van der Waals surface area contributed by atoms with Crippen molar-refractivity contribution in [3.63, 3.8) is 0 Å². The van der Waals surface area contributed by atoms with E-state index in [1.807, 2.05) is 0 Å². The Balaban J connectivity index is 1.78. The highest BCUT2D eigenvalue weighted by atomic mass is 32.2. The smallest absolute Gasteiger partial charge is 0.252 e. The second-order valence-corrected chi connectivity index (χ2v) is 7.57. The van der Waals surface area contributed by atoms with Crippen molar-refractivity contribution in [3.05, 3.63) is 47.7 Å². The molecule has 110 valence electrons. The fraction of sp³-hybridized carbons (Fsp3) is 0.154. The standard InChI is InChI=1S/C13H12N2O4S2/c1-15(21(16,17)13-5-3-7-20-13)9-10-8-12(19-14-10)11-4-2-6-18-11/h2-8H,9H2,1H3. The quantitative estimate of drug-likeness (QED) is 0.721. The Kier molecular flexibility index (Phi) is 3.66. The van der Waals surface area contributed by atoms with Gasteiger partial charge in [-0.1, -0.05) is 11.2 Å². The molecule has 0 bridgehead atoms. The molecule has 0 N–H and O–H groups in total. The second kappa shape index (κ2) is 5.47. The van der Waals surface area contributed by atoms with E-state index in [1.165, 1.54) is 29.0 Å². The summed E-state index contributed by atoms with van der Waals surface area (Å²) < 4.78 is 36.5. The van der Waals surface area contributed by atoms with Gasteiger partial charge in [0.05, 0.1) is 18.5 Å². The van der Waals surface area contributed by atoms with E-state index in [1.54, 1.807) is 35.7 Å². The first-order chi connectivity index (χ1) is 10.1. The third-order valence-corrected chi connectivity index (χ3v) is 6.04. The van der Waals surface area contributed by atoms with Crippen molar-refractivity contribution in [2.24, 2.45) is 0 Å². The zero-order valence-corrected chi connectivity index (χ0v) is 12.7. The number of thiophene rings is 1. The maximum absolute atomic E-state index is 12.3. The van der Waals surface area contributed by atoms with E-state index in [-0.39, 0.29) is 6.54 Å². The normalized spacial score (nSPS) is 12.1. The molecule has 0 atom stereocenters. The highest BCUT2D eigenvalue weighted by Crippen LogP contribution is 2.24. The molecule has 0 amide bonds. The summed E-state index contributed by atoms with van der Waals surface area (Å²) in [6, 6.07) is 8.44. The van der Waals surface area contributed by atoms with E-state index in [0.29, 0.717) is 21.4 Å². The minimum Gasteiger partial charge on any atom is -0.461 e. The summed E-state index contributed by atoms with van der Waals surface area (Å²) in [5, 5.41) is 5.60. The van der Waals surface area contributed by atoms with Crippen LogP contribution in [0.25, 0.3) is 11.5 Å². The highest BCUT2D eigenvalue weighted by molar-refractivity contribution is 7.91. The van der Waals surface area contributed by atoms with E-state index in [2.05, 4.69) is 5.16 Å². The minimum atomic E-state index is -3.49. The molecule has 0 aliphatic rings. The fourth-order valence-corrected chi connectivity index (χ4v) is 4.14. The lowest BCUT2D eigenvalue weighted by Gasteiger charge is -2.13. The van der Waals surface area contributed by atoms with Gasteiger partial charge in [-0.15, -0.1) is 11.3 Å². The zero-order valence-electron chi connectivity index (χ0n) is 11.1. The Bertz CT molecular complexity index is 804. The molecule has 6 nitrogen and oxygen atoms in total. The molecular formula is C13H12N2O4S2. The molecular weight excluding hydrogens is 312 g/mol. The van der Waals surface area contributed by atoms with Gasteiger partial charge in [-0.25, -0.2) is 8.42 Å². The number of nitrogens with zero attached hydrogens (tertiary/aromatic N) is 2. The number of aromatic nitrogens is 1. The van der Waals surface area contributed by atoms with Crippen LogP contribution in [0.3, 0.4) is 0 Å². The van der Waals surface area contributed by atoms with Gasteiger partial charge in [-0.2, -0.15) is 4.31 Å². The van der Waals surface area contributed by atoms with Crippen LogP contribution >= 0.6 is 11.3 Å². The van der Waals surface area contributed by atoms with Crippen LogP contribution in [0.1, 0.15) is 5.69 Å². The predicted molar refractivity (Wildman–Crippen MR) is 77.2 cm³/mol. The Hall–Kier alpha value is -1.90. The first kappa shape index (κ1) is 14.1. The van der Waals surface area contributed by atoms with E-state index in [9.17, 15) is 8.42 Å². The Labute approximate surface area is 125 Å². The average molecular weight is 324 g/mol. The van der Waals surface area contributed by atoms with Gasteiger partial charge in [0.1, 0.15) is 4.21 Å². The number of hydrogen-bond acceptors (Lipinski definition) is 6. The van der Waals surface area contributed by atoms with Crippen LogP contribution in [0.5, 0.6) is 0 Å². The maximum atomic E-state index is 12.3. The molecule has 3 aromatic heterocycles. The van der Waals surface area contributed by atoms with Gasteiger partial charge in [0.15, 0.2) is 5.76 Å². The monoisotopic (exact) mass is 324 g/mol. The summed E-state index contributed by atoms with van der Waals surface area (Å²) in [6.45, 7) is 0.129. The molecule has 0 spiro atoms. The summed E-state index contributed by atoms with van der Waals surface area (Å²) in [5.74, 6) is 1.02. The molecule has 0 aliphatic carbocycles. The number of rotatable bonds is 5. The molecule has 3 aromatic rings. The van der Waals surface area contributed by atoms with E-state index in [0.717, 1.165) is 0 Å². The molecule has 21 heavy (non-hydrogen) atoms. The summed E-state index contributed by atoms with van der Waals surface area (Å²) in [7, 11) is -1.98. The van der Waals surface area contributed by atoms with E-state index < -0.39 is 10.0 Å². The summed E-state index contributed by atoms with van der Waals surface area (Å²) >= 11 is 1.18. The van der Waals surface area contributed by atoms with Gasteiger partial charge in [0.25, 0.3) is 10.0 Å². The van der Waals surface area contributed by atoms with E-state index in [4.69, 9.17) is 8.94 Å². The first-order valence-electron chi connectivity index (χ1n) is 6.07. The zero-order chi connectivity index (χ0) is 14.9. The molecule has 0 fully saturated rings. The van der Waals surface area contributed by atoms with Gasteiger partial charge >= 0.3 is 0 Å². The third kappa shape index (κ3) is 2.78. The van der Waals surface area contributed by atoms with Crippen molar-refractivity contribution >= 4 is 21.4 Å². The summed E-state index contributed by atoms with van der Waals surface area (Å²) in [6.07, 6.45) is 1.53. The number of furan rings is 1. The van der Waals surface area contributed by atoms with Crippen molar-refractivity contribution in [2.75, 3.05) is 7.05 Å². The SMILES string of the molecule is CN(Cc1cc(-c2ccco2)on1)S(=O)(=O)c1cccs1. The maximum Gasteiger partial charge on any atom is 0.252 e.